The topological polar surface area (TPSA) is 99.7 Å². The molecule has 0 spiro atoms. The normalized spacial score (nSPS) is 14.6. The Morgan fingerprint density at radius 3 is 2.61 bits per heavy atom. The molecule has 2 atom stereocenters. The molecule has 9 heteroatoms. The van der Waals surface area contributed by atoms with Gasteiger partial charge in [-0.25, -0.2) is 9.37 Å². The van der Waals surface area contributed by atoms with Gasteiger partial charge in [0.25, 0.3) is 5.90 Å². The predicted molar refractivity (Wildman–Crippen MR) is 145 cm³/mol. The van der Waals surface area contributed by atoms with Gasteiger partial charge in [-0.3, -0.25) is 4.98 Å². The van der Waals surface area contributed by atoms with Crippen LogP contribution < -0.4 is 5.84 Å². The van der Waals surface area contributed by atoms with Gasteiger partial charge in [-0.2, -0.15) is 0 Å². The van der Waals surface area contributed by atoms with Crippen LogP contribution in [0.1, 0.15) is 31.7 Å². The van der Waals surface area contributed by atoms with Crippen molar-refractivity contribution in [1.29, 1.82) is 0 Å². The van der Waals surface area contributed by atoms with E-state index < -0.39 is 17.0 Å². The van der Waals surface area contributed by atoms with Crippen molar-refractivity contribution in [1.82, 2.24) is 14.9 Å². The van der Waals surface area contributed by atoms with Gasteiger partial charge in [-0.1, -0.05) is 24.8 Å². The minimum atomic E-state index is -1.11. The summed E-state index contributed by atoms with van der Waals surface area (Å²) in [5, 5.41) is 3.71. The van der Waals surface area contributed by atoms with Crippen molar-refractivity contribution < 1.29 is 13.7 Å². The first kappa shape index (κ1) is 29.0. The Kier molecular flexibility index (Phi) is 11.5. The maximum absolute atomic E-state index is 14.0. The number of allylic oxidation sites excluding steroid dienone is 6. The van der Waals surface area contributed by atoms with Gasteiger partial charge in [0.1, 0.15) is 22.5 Å². The van der Waals surface area contributed by atoms with Gasteiger partial charge in [-0.05, 0) is 76.4 Å². The van der Waals surface area contributed by atoms with Crippen LogP contribution in [-0.2, 0) is 15.9 Å². The summed E-state index contributed by atoms with van der Waals surface area (Å²) in [5.74, 6) is 4.96. The highest BCUT2D eigenvalue weighted by molar-refractivity contribution is 7.92. The highest BCUT2D eigenvalue weighted by atomic mass is 32.2. The smallest absolute Gasteiger partial charge is 0.263 e. The van der Waals surface area contributed by atoms with Crippen molar-refractivity contribution >= 4 is 17.1 Å². The van der Waals surface area contributed by atoms with Gasteiger partial charge in [0, 0.05) is 24.6 Å². The molecule has 2 aromatic rings. The van der Waals surface area contributed by atoms with Crippen molar-refractivity contribution in [3.8, 4) is 11.3 Å². The lowest BCUT2D eigenvalue weighted by Crippen LogP contribution is -2.24. The zero-order valence-electron chi connectivity index (χ0n) is 21.4. The van der Waals surface area contributed by atoms with Crippen LogP contribution in [0, 0.1) is 6.92 Å². The number of rotatable bonds is 11. The van der Waals surface area contributed by atoms with E-state index in [0.29, 0.717) is 17.1 Å². The lowest BCUT2D eigenvalue weighted by atomic mass is 10.1. The van der Waals surface area contributed by atoms with E-state index in [0.717, 1.165) is 29.5 Å². The molecule has 0 saturated heterocycles. The molecule has 0 aliphatic carbocycles. The lowest BCUT2D eigenvalue weighted by molar-refractivity contribution is 0.397. The van der Waals surface area contributed by atoms with Crippen LogP contribution >= 0.6 is 0 Å². The Labute approximate surface area is 216 Å². The summed E-state index contributed by atoms with van der Waals surface area (Å²) in [7, 11) is 4.00. The maximum Gasteiger partial charge on any atom is 0.263 e. The SMILES string of the molecule is C=C(/C=C(F)/C=C\C=C/C)O/C(=N\N)c1nc(-c2ccc([S+]([O-])C(C)CCN(C)C)cc2)cnc1C. The molecule has 0 aliphatic heterocycles. The number of hydrazone groups is 1. The number of hydrogen-bond donors (Lipinski definition) is 1. The number of halogens is 1. The summed E-state index contributed by atoms with van der Waals surface area (Å²) in [5.41, 5.74) is 2.17. The maximum atomic E-state index is 14.0. The second kappa shape index (κ2) is 14.3. The van der Waals surface area contributed by atoms with Gasteiger partial charge in [0.05, 0.1) is 17.6 Å². The number of benzene rings is 1. The molecule has 2 N–H and O–H groups in total. The van der Waals surface area contributed by atoms with E-state index >= 15 is 0 Å². The third-order valence-corrected chi connectivity index (χ3v) is 6.79. The third kappa shape index (κ3) is 8.75. The van der Waals surface area contributed by atoms with E-state index in [2.05, 4.69) is 26.5 Å². The van der Waals surface area contributed by atoms with Crippen LogP contribution in [0.15, 0.2) is 89.0 Å². The Bertz CT molecular complexity index is 1140. The third-order valence-electron chi connectivity index (χ3n) is 5.09. The Hall–Kier alpha value is -3.27. The Morgan fingerprint density at radius 2 is 2.00 bits per heavy atom. The first-order valence-corrected chi connectivity index (χ1v) is 12.7. The number of aromatic nitrogens is 2. The molecule has 2 unspecified atom stereocenters. The fourth-order valence-corrected chi connectivity index (χ4v) is 4.27. The number of nitrogens with zero attached hydrogens (tertiary/aromatic N) is 4. The fraction of sp³-hybridized carbons (Fsp3) is 0.296. The average molecular weight is 512 g/mol. The van der Waals surface area contributed by atoms with Crippen LogP contribution in [0.5, 0.6) is 0 Å². The van der Waals surface area contributed by atoms with Gasteiger partial charge >= 0.3 is 0 Å². The van der Waals surface area contributed by atoms with E-state index in [4.69, 9.17) is 10.6 Å². The molecule has 0 bridgehead atoms. The number of hydrogen-bond acceptors (Lipinski definition) is 7. The van der Waals surface area contributed by atoms with E-state index in [1.165, 1.54) is 6.08 Å². The molecule has 0 fully saturated rings. The fourth-order valence-electron chi connectivity index (χ4n) is 3.08. The molecule has 1 aromatic heterocycles. The summed E-state index contributed by atoms with van der Waals surface area (Å²) in [6.07, 6.45) is 9.90. The first-order valence-electron chi connectivity index (χ1n) is 11.5. The Balaban J connectivity index is 2.21. The minimum Gasteiger partial charge on any atom is -0.611 e. The zero-order valence-corrected chi connectivity index (χ0v) is 22.3. The molecule has 0 radical (unpaired) electrons. The van der Waals surface area contributed by atoms with Crippen LogP contribution in [0.3, 0.4) is 0 Å². The van der Waals surface area contributed by atoms with Crippen molar-refractivity contribution in [2.45, 2.75) is 37.3 Å². The van der Waals surface area contributed by atoms with E-state index in [1.807, 2.05) is 52.2 Å². The summed E-state index contributed by atoms with van der Waals surface area (Å²) < 4.78 is 32.4. The molecule has 0 saturated carbocycles. The van der Waals surface area contributed by atoms with Crippen LogP contribution in [0.25, 0.3) is 11.3 Å². The molecule has 0 aliphatic rings. The van der Waals surface area contributed by atoms with Gasteiger partial charge in [0.2, 0.25) is 0 Å². The average Bonchev–Trinajstić information content (AvgIpc) is 2.86. The quantitative estimate of drug-likeness (QED) is 0.0863. The van der Waals surface area contributed by atoms with Crippen molar-refractivity contribution in [2.24, 2.45) is 10.9 Å². The molecular formula is C27H34FN5O2S. The highest BCUT2D eigenvalue weighted by Gasteiger charge is 2.21. The number of aryl methyl sites for hydroxylation is 1. The first-order chi connectivity index (χ1) is 17.2. The second-order valence-electron chi connectivity index (χ2n) is 8.33. The minimum absolute atomic E-state index is 0.00338. The van der Waals surface area contributed by atoms with Crippen molar-refractivity contribution in [3.63, 3.8) is 0 Å². The molecule has 2 rings (SSSR count). The molecule has 36 heavy (non-hydrogen) atoms. The largest absolute Gasteiger partial charge is 0.611 e. The summed E-state index contributed by atoms with van der Waals surface area (Å²) in [6.45, 7) is 10.1. The summed E-state index contributed by atoms with van der Waals surface area (Å²) >= 11 is -1.11. The number of ether oxygens (including phenoxy) is 1. The molecule has 192 valence electrons. The van der Waals surface area contributed by atoms with Crippen molar-refractivity contribution in [3.05, 3.63) is 90.4 Å². The summed E-state index contributed by atoms with van der Waals surface area (Å²) in [6, 6.07) is 7.38. The van der Waals surface area contributed by atoms with Crippen LogP contribution in [0.4, 0.5) is 4.39 Å². The van der Waals surface area contributed by atoms with Crippen molar-refractivity contribution in [2.75, 3.05) is 20.6 Å². The predicted octanol–water partition coefficient (Wildman–Crippen LogP) is 5.04. The summed E-state index contributed by atoms with van der Waals surface area (Å²) in [4.78, 5) is 11.8. The highest BCUT2D eigenvalue weighted by Crippen LogP contribution is 2.24. The van der Waals surface area contributed by atoms with Gasteiger partial charge in [0.15, 0.2) is 4.90 Å². The Morgan fingerprint density at radius 1 is 1.31 bits per heavy atom. The van der Waals surface area contributed by atoms with Gasteiger partial charge < -0.3 is 20.0 Å². The van der Waals surface area contributed by atoms with Crippen LogP contribution in [-0.4, -0.2) is 51.2 Å². The number of nitrogens with two attached hydrogens (primary N) is 1. The van der Waals surface area contributed by atoms with E-state index in [9.17, 15) is 8.94 Å². The monoisotopic (exact) mass is 511 g/mol. The molecule has 1 heterocycles. The standard InChI is InChI=1S/C27H34FN5O2S/c1-7-8-9-10-23(28)17-19(2)35-27(32-29)26-21(4)30-18-25(31-26)22-11-13-24(14-12-22)36(34)20(3)15-16-33(5)6/h7-14,17-18,20H,2,15-16,29H2,1,3-6H3/b8-7-,10-9-,23-17-,32-27-. The molecule has 7 nitrogen and oxygen atoms in total. The van der Waals surface area contributed by atoms with Gasteiger partial charge in [-0.15, -0.1) is 5.10 Å². The van der Waals surface area contributed by atoms with Crippen LogP contribution in [0.2, 0.25) is 0 Å². The second-order valence-corrected chi connectivity index (χ2v) is 10.2. The van der Waals surface area contributed by atoms with E-state index in [-0.39, 0.29) is 16.9 Å². The van der Waals surface area contributed by atoms with E-state index in [1.54, 1.807) is 31.3 Å². The molecular weight excluding hydrogens is 477 g/mol. The zero-order chi connectivity index (χ0) is 26.7. The molecule has 0 amide bonds. The molecule has 1 aromatic carbocycles. The lowest BCUT2D eigenvalue weighted by Gasteiger charge is -2.19.